The summed E-state index contributed by atoms with van der Waals surface area (Å²) in [6.07, 6.45) is 3.89. The standard InChI is InChI=1S/C10H18BrNOS/c1-10(2,11)9(13)12-7-8-5-3-4-6-14-8/h8H,3-7H2,1-2H3,(H,12,13). The molecule has 0 aromatic heterocycles. The lowest BCUT2D eigenvalue weighted by Gasteiger charge is -2.23. The van der Waals surface area contributed by atoms with Crippen LogP contribution in [0.2, 0.25) is 0 Å². The fourth-order valence-corrected chi connectivity index (χ4v) is 2.76. The van der Waals surface area contributed by atoms with Crippen LogP contribution in [0.15, 0.2) is 0 Å². The van der Waals surface area contributed by atoms with Crippen LogP contribution in [-0.4, -0.2) is 27.8 Å². The number of hydrogen-bond donors (Lipinski definition) is 1. The topological polar surface area (TPSA) is 29.1 Å². The van der Waals surface area contributed by atoms with Gasteiger partial charge in [0.15, 0.2) is 0 Å². The molecule has 1 amide bonds. The molecule has 1 heterocycles. The van der Waals surface area contributed by atoms with Crippen molar-refractivity contribution in [2.45, 2.75) is 42.7 Å². The largest absolute Gasteiger partial charge is 0.354 e. The SMILES string of the molecule is CC(C)(Br)C(=O)NCC1CCCCS1. The maximum absolute atomic E-state index is 11.5. The Balaban J connectivity index is 2.22. The molecule has 1 N–H and O–H groups in total. The number of hydrogen-bond acceptors (Lipinski definition) is 2. The van der Waals surface area contributed by atoms with Gasteiger partial charge in [-0.15, -0.1) is 0 Å². The minimum Gasteiger partial charge on any atom is -0.354 e. The average Bonchev–Trinajstić information content (AvgIpc) is 2.14. The van der Waals surface area contributed by atoms with Crippen LogP contribution in [0, 0.1) is 0 Å². The minimum absolute atomic E-state index is 0.0867. The molecule has 0 bridgehead atoms. The van der Waals surface area contributed by atoms with Gasteiger partial charge >= 0.3 is 0 Å². The fraction of sp³-hybridized carbons (Fsp3) is 0.900. The highest BCUT2D eigenvalue weighted by Gasteiger charge is 2.24. The second-order valence-electron chi connectivity index (χ2n) is 4.17. The van der Waals surface area contributed by atoms with E-state index < -0.39 is 4.32 Å². The van der Waals surface area contributed by atoms with Gasteiger partial charge < -0.3 is 5.32 Å². The van der Waals surface area contributed by atoms with E-state index in [1.165, 1.54) is 25.0 Å². The number of halogens is 1. The molecule has 1 aliphatic heterocycles. The van der Waals surface area contributed by atoms with Crippen molar-refractivity contribution in [3.05, 3.63) is 0 Å². The van der Waals surface area contributed by atoms with Gasteiger partial charge in [-0.05, 0) is 32.4 Å². The molecule has 0 aliphatic carbocycles. The summed E-state index contributed by atoms with van der Waals surface area (Å²) in [6.45, 7) is 4.56. The van der Waals surface area contributed by atoms with Crippen molar-refractivity contribution in [1.29, 1.82) is 0 Å². The number of thioether (sulfide) groups is 1. The third-order valence-corrected chi connectivity index (χ3v) is 4.06. The highest BCUT2D eigenvalue weighted by Crippen LogP contribution is 2.24. The second-order valence-corrected chi connectivity index (χ2v) is 7.56. The van der Waals surface area contributed by atoms with E-state index in [-0.39, 0.29) is 5.91 Å². The fourth-order valence-electron chi connectivity index (χ4n) is 1.39. The van der Waals surface area contributed by atoms with Crippen LogP contribution in [0.25, 0.3) is 0 Å². The van der Waals surface area contributed by atoms with Crippen molar-refractivity contribution >= 4 is 33.6 Å². The molecule has 82 valence electrons. The first-order valence-electron chi connectivity index (χ1n) is 5.09. The molecular formula is C10H18BrNOS. The third-order valence-electron chi connectivity index (χ3n) is 2.30. The van der Waals surface area contributed by atoms with E-state index in [1.807, 2.05) is 25.6 Å². The first-order valence-corrected chi connectivity index (χ1v) is 6.93. The maximum atomic E-state index is 11.5. The summed E-state index contributed by atoms with van der Waals surface area (Å²) in [7, 11) is 0. The average molecular weight is 280 g/mol. The summed E-state index contributed by atoms with van der Waals surface area (Å²) in [4.78, 5) is 11.5. The zero-order valence-corrected chi connectivity index (χ0v) is 11.2. The van der Waals surface area contributed by atoms with Crippen LogP contribution in [0.1, 0.15) is 33.1 Å². The zero-order valence-electron chi connectivity index (χ0n) is 8.81. The van der Waals surface area contributed by atoms with Crippen LogP contribution in [0.3, 0.4) is 0 Å². The number of carbonyl (C=O) groups is 1. The summed E-state index contributed by atoms with van der Waals surface area (Å²) < 4.78 is -0.438. The van der Waals surface area contributed by atoms with E-state index in [0.29, 0.717) is 5.25 Å². The minimum atomic E-state index is -0.438. The Morgan fingerprint density at radius 1 is 1.57 bits per heavy atom. The molecule has 1 fully saturated rings. The number of rotatable bonds is 3. The lowest BCUT2D eigenvalue weighted by Crippen LogP contribution is -2.41. The van der Waals surface area contributed by atoms with Gasteiger partial charge in [0.05, 0.1) is 4.32 Å². The predicted octanol–water partition coefficient (Wildman–Crippen LogP) is 2.56. The summed E-state index contributed by atoms with van der Waals surface area (Å²) in [5, 5.41) is 3.61. The molecule has 4 heteroatoms. The number of amides is 1. The molecule has 1 saturated heterocycles. The van der Waals surface area contributed by atoms with Gasteiger partial charge in [-0.3, -0.25) is 4.79 Å². The van der Waals surface area contributed by atoms with Crippen LogP contribution >= 0.6 is 27.7 Å². The third kappa shape index (κ3) is 4.22. The molecule has 0 radical (unpaired) electrons. The van der Waals surface area contributed by atoms with Crippen LogP contribution < -0.4 is 5.32 Å². The Labute approximate surface area is 98.7 Å². The van der Waals surface area contributed by atoms with Crippen LogP contribution in [0.4, 0.5) is 0 Å². The lowest BCUT2D eigenvalue weighted by atomic mass is 10.1. The quantitative estimate of drug-likeness (QED) is 0.805. The Kier molecular flexibility index (Phi) is 4.77. The summed E-state index contributed by atoms with van der Waals surface area (Å²) in [5.41, 5.74) is 0. The predicted molar refractivity (Wildman–Crippen MR) is 66.1 cm³/mol. The zero-order chi connectivity index (χ0) is 10.6. The summed E-state index contributed by atoms with van der Waals surface area (Å²) in [5.74, 6) is 1.33. The van der Waals surface area contributed by atoms with Gasteiger partial charge in [-0.1, -0.05) is 22.4 Å². The molecular weight excluding hydrogens is 262 g/mol. The first kappa shape index (κ1) is 12.4. The molecule has 0 spiro atoms. The first-order chi connectivity index (χ1) is 6.50. The Morgan fingerprint density at radius 2 is 2.29 bits per heavy atom. The van der Waals surface area contributed by atoms with E-state index in [4.69, 9.17) is 0 Å². The monoisotopic (exact) mass is 279 g/mol. The van der Waals surface area contributed by atoms with Gasteiger partial charge in [0, 0.05) is 11.8 Å². The molecule has 1 aliphatic rings. The molecule has 1 rings (SSSR count). The van der Waals surface area contributed by atoms with Gasteiger partial charge in [0.1, 0.15) is 0 Å². The van der Waals surface area contributed by atoms with E-state index >= 15 is 0 Å². The molecule has 0 aromatic carbocycles. The van der Waals surface area contributed by atoms with Crippen LogP contribution in [0.5, 0.6) is 0 Å². The highest BCUT2D eigenvalue weighted by molar-refractivity contribution is 9.10. The highest BCUT2D eigenvalue weighted by atomic mass is 79.9. The molecule has 2 nitrogen and oxygen atoms in total. The molecule has 14 heavy (non-hydrogen) atoms. The second kappa shape index (κ2) is 5.40. The number of alkyl halides is 1. The maximum Gasteiger partial charge on any atom is 0.236 e. The summed E-state index contributed by atoms with van der Waals surface area (Å²) in [6, 6.07) is 0. The Hall–Kier alpha value is 0.300. The normalized spacial score (nSPS) is 23.2. The van der Waals surface area contributed by atoms with Crippen molar-refractivity contribution in [3.8, 4) is 0 Å². The smallest absolute Gasteiger partial charge is 0.236 e. The molecule has 0 saturated carbocycles. The van der Waals surface area contributed by atoms with Crippen molar-refractivity contribution in [2.24, 2.45) is 0 Å². The number of nitrogens with one attached hydrogen (secondary N) is 1. The van der Waals surface area contributed by atoms with Crippen molar-refractivity contribution < 1.29 is 4.79 Å². The van der Waals surface area contributed by atoms with E-state index in [9.17, 15) is 4.79 Å². The lowest BCUT2D eigenvalue weighted by molar-refractivity contribution is -0.122. The van der Waals surface area contributed by atoms with Crippen molar-refractivity contribution in [1.82, 2.24) is 5.32 Å². The van der Waals surface area contributed by atoms with Crippen molar-refractivity contribution in [3.63, 3.8) is 0 Å². The molecule has 0 aromatic rings. The van der Waals surface area contributed by atoms with Gasteiger partial charge in [-0.2, -0.15) is 11.8 Å². The van der Waals surface area contributed by atoms with Crippen LogP contribution in [-0.2, 0) is 4.79 Å². The van der Waals surface area contributed by atoms with E-state index in [2.05, 4.69) is 21.2 Å². The van der Waals surface area contributed by atoms with Crippen molar-refractivity contribution in [2.75, 3.05) is 12.3 Å². The van der Waals surface area contributed by atoms with Gasteiger partial charge in [-0.25, -0.2) is 0 Å². The number of carbonyl (C=O) groups excluding carboxylic acids is 1. The van der Waals surface area contributed by atoms with Gasteiger partial charge in [0.2, 0.25) is 5.91 Å². The van der Waals surface area contributed by atoms with E-state index in [0.717, 1.165) is 6.54 Å². The Morgan fingerprint density at radius 3 is 2.79 bits per heavy atom. The van der Waals surface area contributed by atoms with Gasteiger partial charge in [0.25, 0.3) is 0 Å². The molecule has 1 atom stereocenters. The summed E-state index contributed by atoms with van der Waals surface area (Å²) >= 11 is 5.34. The van der Waals surface area contributed by atoms with E-state index in [1.54, 1.807) is 0 Å². The molecule has 1 unspecified atom stereocenters. The Bertz CT molecular complexity index is 197.